The van der Waals surface area contributed by atoms with Gasteiger partial charge in [-0.2, -0.15) is 0 Å². The van der Waals surface area contributed by atoms with Gasteiger partial charge >= 0.3 is 0 Å². The van der Waals surface area contributed by atoms with Crippen molar-refractivity contribution in [3.05, 3.63) is 176 Å². The van der Waals surface area contributed by atoms with Crippen molar-refractivity contribution in [3.8, 4) is 32.0 Å². The number of ether oxygens (including phenoxy) is 1. The molecule has 5 aliphatic rings. The number of aromatic nitrogens is 2. The van der Waals surface area contributed by atoms with Crippen LogP contribution in [-0.2, 0) is 17.6 Å². The average molecular weight is 1180 g/mol. The van der Waals surface area contributed by atoms with Crippen LogP contribution in [0.3, 0.4) is 0 Å². The van der Waals surface area contributed by atoms with E-state index in [0.717, 1.165) is 95.0 Å². The Balaban J connectivity index is 0.782. The fourth-order valence-electron chi connectivity index (χ4n) is 12.9. The number of anilines is 6. The minimum absolute atomic E-state index is 0.00235. The van der Waals surface area contributed by atoms with Crippen LogP contribution in [0.5, 0.6) is 0 Å². The third-order valence-electron chi connectivity index (χ3n) is 17.5. The van der Waals surface area contributed by atoms with Gasteiger partial charge in [0.1, 0.15) is 34.7 Å². The Hall–Kier alpha value is -8.12. The van der Waals surface area contributed by atoms with Crippen molar-refractivity contribution in [1.82, 2.24) is 9.97 Å². The molecule has 0 unspecified atom stereocenters. The Morgan fingerprint density at radius 1 is 0.635 bits per heavy atom. The summed E-state index contributed by atoms with van der Waals surface area (Å²) in [4.78, 5) is 78.6. The van der Waals surface area contributed by atoms with Crippen molar-refractivity contribution in [2.45, 2.75) is 104 Å². The van der Waals surface area contributed by atoms with Crippen LogP contribution in [0.4, 0.5) is 43.2 Å². The van der Waals surface area contributed by atoms with Gasteiger partial charge in [0.05, 0.1) is 38.6 Å². The number of benzene rings is 4. The molecule has 0 bridgehead atoms. The lowest BCUT2D eigenvalue weighted by molar-refractivity contribution is 0.0975. The summed E-state index contributed by atoms with van der Waals surface area (Å²) in [5.41, 5.74) is 7.81. The Morgan fingerprint density at radius 2 is 1.26 bits per heavy atom. The molecule has 17 heteroatoms. The summed E-state index contributed by atoms with van der Waals surface area (Å²) in [6.45, 7) is 10.8. The highest BCUT2D eigenvalue weighted by Gasteiger charge is 2.35. The number of hydrogen-bond donors (Lipinski definition) is 2. The van der Waals surface area contributed by atoms with Crippen molar-refractivity contribution in [2.75, 3.05) is 63.0 Å². The number of halogens is 2. The summed E-state index contributed by atoms with van der Waals surface area (Å²) >= 11 is 2.63. The summed E-state index contributed by atoms with van der Waals surface area (Å²) in [6, 6.07) is 36.9. The highest BCUT2D eigenvalue weighted by molar-refractivity contribution is 7.18. The number of nitrogens with zero attached hydrogens (tertiary/aromatic N) is 6. The number of pyridine rings is 2. The largest absolute Gasteiger partial charge is 0.376 e. The van der Waals surface area contributed by atoms with Gasteiger partial charge in [0.25, 0.3) is 23.6 Å². The van der Waals surface area contributed by atoms with Crippen LogP contribution in [0.25, 0.3) is 32.0 Å². The monoisotopic (exact) mass is 1180 g/mol. The van der Waals surface area contributed by atoms with Gasteiger partial charge in [-0.3, -0.25) is 19.2 Å². The zero-order valence-corrected chi connectivity index (χ0v) is 49.7. The molecular weight excluding hydrogens is 1110 g/mol. The van der Waals surface area contributed by atoms with Crippen LogP contribution in [0.1, 0.15) is 121 Å². The number of carbonyl (C=O) groups excluding carboxylic acids is 4. The molecule has 2 saturated heterocycles. The molecule has 13 nitrogen and oxygen atoms in total. The molecule has 4 aromatic carbocycles. The molecule has 434 valence electrons. The fraction of sp³-hybridized carbons (Fsp3) is 0.324. The van der Waals surface area contributed by atoms with Crippen LogP contribution >= 0.6 is 22.7 Å². The van der Waals surface area contributed by atoms with Gasteiger partial charge in [0.15, 0.2) is 0 Å². The second-order valence-corrected chi connectivity index (χ2v) is 25.5. The predicted molar refractivity (Wildman–Crippen MR) is 335 cm³/mol. The number of fused-ring (bicyclic) bond motifs is 6. The van der Waals surface area contributed by atoms with E-state index >= 15 is 9.18 Å². The van der Waals surface area contributed by atoms with Crippen molar-refractivity contribution in [2.24, 2.45) is 5.92 Å². The molecule has 8 heterocycles. The molecule has 4 aliphatic heterocycles. The second-order valence-electron chi connectivity index (χ2n) is 23.4. The number of amides is 4. The van der Waals surface area contributed by atoms with Crippen LogP contribution in [0.15, 0.2) is 121 Å². The maximum atomic E-state index is 17.0. The van der Waals surface area contributed by atoms with Crippen LogP contribution in [0.2, 0.25) is 0 Å². The molecule has 3 fully saturated rings. The first-order valence-corrected chi connectivity index (χ1v) is 31.3. The van der Waals surface area contributed by atoms with Crippen LogP contribution < -0.4 is 30.2 Å². The zero-order valence-electron chi connectivity index (χ0n) is 48.1. The summed E-state index contributed by atoms with van der Waals surface area (Å²) in [6.07, 6.45) is 8.01. The van der Waals surface area contributed by atoms with Gasteiger partial charge in [-0.15, -0.1) is 22.7 Å². The van der Waals surface area contributed by atoms with Gasteiger partial charge in [-0.1, -0.05) is 68.4 Å². The number of thiophene rings is 2. The third-order valence-corrected chi connectivity index (χ3v) is 20.0. The Labute approximate surface area is 501 Å². The lowest BCUT2D eigenvalue weighted by Gasteiger charge is -2.40. The Morgan fingerprint density at radius 3 is 1.86 bits per heavy atom. The van der Waals surface area contributed by atoms with E-state index in [-0.39, 0.29) is 47.6 Å². The molecule has 13 rings (SSSR count). The first-order valence-electron chi connectivity index (χ1n) is 29.6. The number of hydrogen-bond acceptors (Lipinski definition) is 11. The number of nitrogens with one attached hydrogen (secondary N) is 2. The quantitative estimate of drug-likeness (QED) is 0.115. The SMILES string of the molecule is Cc1cccc(F)c1NC(=O)c1cc2c(s1)-c1ccccc1N(C(=O)c1cc(-c3cc(C)c(NC(=O)c4cc5c(s4)-c4ccccc4N(C(=O)c4cccc(N6CCC[C@H]6C(C)C)n4)CC5)c(F)c3)cc(N(C[C@H]3CCCO3)C3CCC3)n1)CC2. The van der Waals surface area contributed by atoms with Crippen LogP contribution in [-0.4, -0.2) is 84.6 Å². The standard InChI is InChI=1S/C68H66F2N8O5S2/c1-39(2)54-24-12-28-75(54)59-25-11-21-52(71-59)67(81)76-29-26-42-36-58(85-63(42)48-18-5-7-22-55(48)76)66(80)74-62-41(4)32-44(33-51(62)70)45-34-53(72-60(37-45)78(46-15-10-16-46)38-47-17-13-31-83-47)68(82)77-30-27-43-35-57(84-64(43)49-19-6-8-23-56(49)77)65(79)73-61-40(3)14-9-20-50(61)69/h5-9,11,14,18-23,25,32-37,39,46-47,54H,10,12-13,15-17,24,26-31,38H2,1-4H3,(H,73,79)(H,74,80)/t47-,54+/m1/s1. The van der Waals surface area contributed by atoms with E-state index in [0.29, 0.717) is 93.7 Å². The highest BCUT2D eigenvalue weighted by atomic mass is 32.1. The smallest absolute Gasteiger partial charge is 0.277 e. The first kappa shape index (κ1) is 56.0. The maximum absolute atomic E-state index is 17.0. The number of carbonyl (C=O) groups is 4. The second kappa shape index (κ2) is 23.4. The lowest BCUT2D eigenvalue weighted by Crippen LogP contribution is -2.45. The lowest BCUT2D eigenvalue weighted by atomic mass is 9.90. The van der Waals surface area contributed by atoms with Gasteiger partial charge in [0.2, 0.25) is 0 Å². The van der Waals surface area contributed by atoms with Gasteiger partial charge in [-0.05, 0) is 178 Å². The summed E-state index contributed by atoms with van der Waals surface area (Å²) in [5, 5.41) is 5.69. The Kier molecular flexibility index (Phi) is 15.4. The molecule has 4 aromatic heterocycles. The van der Waals surface area contributed by atoms with Gasteiger partial charge in [-0.25, -0.2) is 18.7 Å². The van der Waals surface area contributed by atoms with E-state index in [4.69, 9.17) is 14.7 Å². The zero-order chi connectivity index (χ0) is 58.6. The summed E-state index contributed by atoms with van der Waals surface area (Å²) < 4.78 is 38.0. The van der Waals surface area contributed by atoms with Crippen molar-refractivity contribution in [1.29, 1.82) is 0 Å². The molecule has 0 spiro atoms. The molecule has 1 aliphatic carbocycles. The Bertz CT molecular complexity index is 3900. The fourth-order valence-corrected chi connectivity index (χ4v) is 15.2. The van der Waals surface area contributed by atoms with Crippen molar-refractivity contribution < 1.29 is 32.7 Å². The third kappa shape index (κ3) is 10.9. The molecular formula is C68H66F2N8O5S2. The van der Waals surface area contributed by atoms with E-state index < -0.39 is 23.4 Å². The van der Waals surface area contributed by atoms with E-state index in [9.17, 15) is 18.8 Å². The number of aryl methyl sites for hydroxylation is 2. The van der Waals surface area contributed by atoms with Crippen molar-refractivity contribution >= 4 is 80.7 Å². The molecule has 0 radical (unpaired) electrons. The number of para-hydroxylation sites is 3. The highest BCUT2D eigenvalue weighted by Crippen LogP contribution is 2.45. The minimum Gasteiger partial charge on any atom is -0.376 e. The topological polar surface area (TPSA) is 140 Å². The van der Waals surface area contributed by atoms with E-state index in [2.05, 4.69) is 34.3 Å². The first-order chi connectivity index (χ1) is 41.2. The molecule has 8 aromatic rings. The van der Waals surface area contributed by atoms with Gasteiger partial charge < -0.3 is 35.0 Å². The molecule has 85 heavy (non-hydrogen) atoms. The van der Waals surface area contributed by atoms with E-state index in [1.54, 1.807) is 47.9 Å². The molecule has 2 N–H and O–H groups in total. The maximum Gasteiger partial charge on any atom is 0.277 e. The molecule has 1 saturated carbocycles. The number of rotatable bonds is 13. The van der Waals surface area contributed by atoms with Crippen molar-refractivity contribution in [3.63, 3.8) is 0 Å². The summed E-state index contributed by atoms with van der Waals surface area (Å²) in [5.74, 6) is -0.628. The van der Waals surface area contributed by atoms with Gasteiger partial charge in [0, 0.05) is 65.8 Å². The normalized spacial score (nSPS) is 17.3. The molecule has 4 amide bonds. The average Bonchev–Trinajstić information content (AvgIpc) is 4.04. The minimum atomic E-state index is -0.630. The predicted octanol–water partition coefficient (Wildman–Crippen LogP) is 14.6. The van der Waals surface area contributed by atoms with Crippen LogP contribution in [0, 0.1) is 31.4 Å². The van der Waals surface area contributed by atoms with E-state index in [1.165, 1.54) is 34.8 Å². The summed E-state index contributed by atoms with van der Waals surface area (Å²) in [7, 11) is 0. The van der Waals surface area contributed by atoms with E-state index in [1.807, 2.05) is 84.9 Å². The molecule has 2 atom stereocenters.